The number of aliphatic carboxylic acids is 2. The lowest BCUT2D eigenvalue weighted by molar-refractivity contribution is -0.141. The van der Waals surface area contributed by atoms with Crippen LogP contribution in [0.15, 0.2) is 0 Å². The van der Waals surface area contributed by atoms with Crippen molar-refractivity contribution in [2.45, 2.75) is 45.9 Å². The van der Waals surface area contributed by atoms with E-state index in [0.717, 1.165) is 5.88 Å². The van der Waals surface area contributed by atoms with Crippen molar-refractivity contribution < 1.29 is 29.3 Å². The number of nitrogens with one attached hydrogen (secondary N) is 1. The molecule has 0 aliphatic carbocycles. The zero-order valence-corrected chi connectivity index (χ0v) is 14.9. The van der Waals surface area contributed by atoms with Gasteiger partial charge in [-0.3, -0.25) is 15.0 Å². The number of carboxylic acid groups (broad SMARTS) is 2. The third kappa shape index (κ3) is 7.63. The zero-order chi connectivity index (χ0) is 17.6. The highest BCUT2D eigenvalue weighted by Gasteiger charge is 2.36. The molecule has 0 radical (unpaired) electrons. The second-order valence-electron chi connectivity index (χ2n) is 5.91. The molecule has 2 saturated heterocycles. The van der Waals surface area contributed by atoms with E-state index in [9.17, 15) is 14.4 Å². The van der Waals surface area contributed by atoms with E-state index < -0.39 is 29.7 Å². The van der Waals surface area contributed by atoms with Crippen LogP contribution in [0.3, 0.4) is 0 Å². The van der Waals surface area contributed by atoms with Crippen molar-refractivity contribution in [3.63, 3.8) is 0 Å². The van der Waals surface area contributed by atoms with Crippen molar-refractivity contribution in [3.8, 4) is 0 Å². The molecule has 10 heteroatoms. The summed E-state index contributed by atoms with van der Waals surface area (Å²) in [5.74, 6) is 0.563. The third-order valence-electron chi connectivity index (χ3n) is 2.81. The number of ether oxygens (including phenoxy) is 1. The number of carbonyl (C=O) groups is 3. The van der Waals surface area contributed by atoms with Crippen molar-refractivity contribution in [3.05, 3.63) is 0 Å². The third-order valence-corrected chi connectivity index (χ3v) is 4.76. The predicted molar refractivity (Wildman–Crippen MR) is 95.4 cm³/mol. The number of nitrogens with zero attached hydrogens (tertiary/aromatic N) is 1. The van der Waals surface area contributed by atoms with Crippen LogP contribution in [0.2, 0.25) is 0 Å². The lowest BCUT2D eigenvalue weighted by Crippen LogP contribution is -2.44. The SMILES string of the molecule is C.CC(C)(C)OC(=O)N1CSCC1C(=O)O.O=C(O)C1CSCN1. The smallest absolute Gasteiger partial charge is 0.411 e. The lowest BCUT2D eigenvalue weighted by Gasteiger charge is -2.26. The van der Waals surface area contributed by atoms with Gasteiger partial charge in [0.15, 0.2) is 0 Å². The standard InChI is InChI=1S/C9H15NO4S.C4H7NO2S.CH4/c1-9(2,3)14-8(13)10-5-15-4-6(10)7(11)12;6-4(7)3-1-8-2-5-3;/h6H,4-5H2,1-3H3,(H,11,12);3,5H,1-2H2,(H,6,7);1H4. The molecule has 1 amide bonds. The average Bonchev–Trinajstić information content (AvgIpc) is 3.09. The Labute approximate surface area is 150 Å². The highest BCUT2D eigenvalue weighted by molar-refractivity contribution is 7.99. The van der Waals surface area contributed by atoms with Crippen LogP contribution in [0.5, 0.6) is 0 Å². The van der Waals surface area contributed by atoms with E-state index in [2.05, 4.69) is 5.32 Å². The number of carboxylic acids is 2. The summed E-state index contributed by atoms with van der Waals surface area (Å²) in [5.41, 5.74) is -0.590. The van der Waals surface area contributed by atoms with Crippen LogP contribution in [-0.2, 0) is 14.3 Å². The first-order chi connectivity index (χ1) is 10.6. The molecular weight excluding hydrogens is 356 g/mol. The van der Waals surface area contributed by atoms with Crippen LogP contribution in [-0.4, -0.2) is 74.1 Å². The summed E-state index contributed by atoms with van der Waals surface area (Å²) in [6, 6.07) is -1.06. The molecule has 24 heavy (non-hydrogen) atoms. The molecule has 0 aromatic heterocycles. The van der Waals surface area contributed by atoms with E-state index in [4.69, 9.17) is 14.9 Å². The average molecular weight is 383 g/mol. The topological polar surface area (TPSA) is 116 Å². The fourth-order valence-electron chi connectivity index (χ4n) is 1.70. The quantitative estimate of drug-likeness (QED) is 0.656. The molecule has 2 heterocycles. The Morgan fingerprint density at radius 1 is 1.12 bits per heavy atom. The summed E-state index contributed by atoms with van der Waals surface area (Å²) >= 11 is 3.04. The van der Waals surface area contributed by atoms with Crippen LogP contribution in [0.25, 0.3) is 0 Å². The predicted octanol–water partition coefficient (Wildman–Crippen LogP) is 1.75. The fourth-order valence-corrected chi connectivity index (χ4v) is 3.77. The Bertz CT molecular complexity index is 449. The minimum absolute atomic E-state index is 0. The molecule has 2 fully saturated rings. The van der Waals surface area contributed by atoms with Gasteiger partial charge in [-0.1, -0.05) is 7.43 Å². The van der Waals surface area contributed by atoms with Crippen LogP contribution in [0, 0.1) is 0 Å². The summed E-state index contributed by atoms with van der Waals surface area (Å²) in [7, 11) is 0. The summed E-state index contributed by atoms with van der Waals surface area (Å²) in [6.45, 7) is 5.26. The first-order valence-corrected chi connectivity index (χ1v) is 9.27. The van der Waals surface area contributed by atoms with Gasteiger partial charge in [-0.25, -0.2) is 9.59 Å². The van der Waals surface area contributed by atoms with Crippen LogP contribution in [0.4, 0.5) is 4.79 Å². The van der Waals surface area contributed by atoms with Gasteiger partial charge in [-0.2, -0.15) is 0 Å². The normalized spacial score (nSPS) is 22.9. The van der Waals surface area contributed by atoms with Crippen molar-refractivity contribution in [1.82, 2.24) is 10.2 Å². The van der Waals surface area contributed by atoms with Crippen molar-refractivity contribution in [2.24, 2.45) is 0 Å². The Morgan fingerprint density at radius 3 is 2.12 bits per heavy atom. The van der Waals surface area contributed by atoms with Gasteiger partial charge in [0.25, 0.3) is 0 Å². The first kappa shape index (κ1) is 22.9. The Hall–Kier alpha value is -1.13. The van der Waals surface area contributed by atoms with E-state index in [0.29, 0.717) is 17.4 Å². The van der Waals surface area contributed by atoms with Crippen molar-refractivity contribution in [1.29, 1.82) is 0 Å². The second kappa shape index (κ2) is 10.00. The van der Waals surface area contributed by atoms with E-state index in [1.165, 1.54) is 16.7 Å². The Balaban J connectivity index is 0.000000498. The molecule has 2 atom stereocenters. The molecule has 2 rings (SSSR count). The second-order valence-corrected chi connectivity index (χ2v) is 7.94. The maximum Gasteiger partial charge on any atom is 0.411 e. The highest BCUT2D eigenvalue weighted by Crippen LogP contribution is 2.23. The van der Waals surface area contributed by atoms with Crippen molar-refractivity contribution >= 4 is 41.6 Å². The molecule has 0 saturated carbocycles. The van der Waals surface area contributed by atoms with Gasteiger partial charge in [-0.05, 0) is 20.8 Å². The molecule has 0 aromatic rings. The van der Waals surface area contributed by atoms with E-state index >= 15 is 0 Å². The summed E-state index contributed by atoms with van der Waals surface area (Å²) < 4.78 is 5.11. The van der Waals surface area contributed by atoms with E-state index in [1.807, 2.05) is 0 Å². The Morgan fingerprint density at radius 2 is 1.75 bits per heavy atom. The summed E-state index contributed by atoms with van der Waals surface area (Å²) in [6.07, 6.45) is -0.556. The van der Waals surface area contributed by atoms with Gasteiger partial charge in [0.05, 0.1) is 5.88 Å². The molecule has 2 aliphatic heterocycles. The first-order valence-electron chi connectivity index (χ1n) is 6.96. The van der Waals surface area contributed by atoms with E-state index in [1.54, 1.807) is 32.5 Å². The number of carbonyl (C=O) groups excluding carboxylic acids is 1. The minimum atomic E-state index is -0.981. The molecule has 2 aliphatic rings. The number of hydrogen-bond donors (Lipinski definition) is 3. The summed E-state index contributed by atoms with van der Waals surface area (Å²) in [4.78, 5) is 33.8. The molecular formula is C14H26N2O6S2. The molecule has 8 nitrogen and oxygen atoms in total. The summed E-state index contributed by atoms with van der Waals surface area (Å²) in [5, 5.41) is 20.0. The highest BCUT2D eigenvalue weighted by atomic mass is 32.2. The van der Waals surface area contributed by atoms with Gasteiger partial charge in [-0.15, -0.1) is 23.5 Å². The van der Waals surface area contributed by atoms with Gasteiger partial charge < -0.3 is 14.9 Å². The maximum absolute atomic E-state index is 11.6. The largest absolute Gasteiger partial charge is 0.480 e. The number of hydrogen-bond acceptors (Lipinski definition) is 7. The molecule has 140 valence electrons. The number of amides is 1. The van der Waals surface area contributed by atoms with Crippen LogP contribution >= 0.6 is 23.5 Å². The minimum Gasteiger partial charge on any atom is -0.480 e. The maximum atomic E-state index is 11.6. The molecule has 0 bridgehead atoms. The van der Waals surface area contributed by atoms with Crippen LogP contribution < -0.4 is 5.32 Å². The number of rotatable bonds is 2. The fraction of sp³-hybridized carbons (Fsp3) is 0.786. The van der Waals surface area contributed by atoms with Gasteiger partial charge >= 0.3 is 18.0 Å². The van der Waals surface area contributed by atoms with Crippen LogP contribution in [0.1, 0.15) is 28.2 Å². The Kier molecular flexibility index (Phi) is 9.53. The molecule has 2 unspecified atom stereocenters. The zero-order valence-electron chi connectivity index (χ0n) is 13.3. The van der Waals surface area contributed by atoms with Gasteiger partial charge in [0.1, 0.15) is 17.7 Å². The molecule has 0 spiro atoms. The number of thioether (sulfide) groups is 2. The lowest BCUT2D eigenvalue weighted by atomic mass is 10.2. The van der Waals surface area contributed by atoms with Crippen molar-refractivity contribution in [2.75, 3.05) is 23.3 Å². The van der Waals surface area contributed by atoms with Gasteiger partial charge in [0, 0.05) is 17.4 Å². The van der Waals surface area contributed by atoms with Gasteiger partial charge in [0.2, 0.25) is 0 Å². The monoisotopic (exact) mass is 382 g/mol. The molecule has 3 N–H and O–H groups in total. The molecule has 0 aromatic carbocycles. The van der Waals surface area contributed by atoms with E-state index in [-0.39, 0.29) is 13.5 Å².